The number of hydrogen-bond donors (Lipinski definition) is 1. The van der Waals surface area contributed by atoms with Crippen molar-refractivity contribution in [3.8, 4) is 5.88 Å². The number of amides is 1. The highest BCUT2D eigenvalue weighted by Gasteiger charge is 2.25. The lowest BCUT2D eigenvalue weighted by Gasteiger charge is -2.17. The highest BCUT2D eigenvalue weighted by molar-refractivity contribution is 7.98. The first kappa shape index (κ1) is 22.4. The molecule has 0 saturated carbocycles. The lowest BCUT2D eigenvalue weighted by Crippen LogP contribution is -2.30. The van der Waals surface area contributed by atoms with Crippen LogP contribution < -0.4 is 10.1 Å². The van der Waals surface area contributed by atoms with Crippen molar-refractivity contribution in [2.24, 2.45) is 0 Å². The summed E-state index contributed by atoms with van der Waals surface area (Å²) in [6.07, 6.45) is 4.68. The van der Waals surface area contributed by atoms with Gasteiger partial charge in [0.25, 0.3) is 5.91 Å². The highest BCUT2D eigenvalue weighted by Crippen LogP contribution is 2.35. The molecule has 4 aromatic rings. The van der Waals surface area contributed by atoms with Gasteiger partial charge in [-0.2, -0.15) is 16.7 Å². The molecule has 0 aliphatic heterocycles. The number of thioether (sulfide) groups is 1. The summed E-state index contributed by atoms with van der Waals surface area (Å²) in [4.78, 5) is 23.6. The number of pyridine rings is 1. The fourth-order valence-corrected chi connectivity index (χ4v) is 5.09. The molecule has 0 bridgehead atoms. The number of fused-ring (bicyclic) bond motifs is 2. The van der Waals surface area contributed by atoms with Crippen LogP contribution in [0.4, 0.5) is 0 Å². The highest BCUT2D eigenvalue weighted by atomic mass is 32.2. The molecule has 0 saturated heterocycles. The third-order valence-electron chi connectivity index (χ3n) is 5.04. The molecule has 9 nitrogen and oxygen atoms in total. The minimum Gasteiger partial charge on any atom is -0.480 e. The van der Waals surface area contributed by atoms with Crippen LogP contribution in [0.5, 0.6) is 5.88 Å². The Hall–Kier alpha value is -2.76. The first-order valence-corrected chi connectivity index (χ1v) is 12.2. The summed E-state index contributed by atoms with van der Waals surface area (Å²) in [5.74, 6) is 2.36. The molecule has 1 amide bonds. The molecule has 4 heterocycles. The van der Waals surface area contributed by atoms with Gasteiger partial charge in [0.05, 0.1) is 23.4 Å². The molecule has 0 spiro atoms. The number of carbonyl (C=O) groups excluding carboxylic acids is 1. The number of hydrogen-bond acceptors (Lipinski definition) is 9. The van der Waals surface area contributed by atoms with Gasteiger partial charge in [-0.1, -0.05) is 6.07 Å². The molecule has 168 valence electrons. The Kier molecular flexibility index (Phi) is 6.87. The number of thiophene rings is 1. The SMILES string of the molecule is COCc1nc(OC)c2c(C)c(C(=O)NC(CCSC)c3nnc4ccccn34)sc2n1. The third kappa shape index (κ3) is 4.27. The zero-order valence-electron chi connectivity index (χ0n) is 18.3. The predicted molar refractivity (Wildman–Crippen MR) is 126 cm³/mol. The second-order valence-electron chi connectivity index (χ2n) is 7.11. The number of carbonyl (C=O) groups is 1. The lowest BCUT2D eigenvalue weighted by molar-refractivity contribution is 0.0937. The smallest absolute Gasteiger partial charge is 0.262 e. The van der Waals surface area contributed by atoms with E-state index in [1.165, 1.54) is 11.3 Å². The molecule has 0 radical (unpaired) electrons. The van der Waals surface area contributed by atoms with Crippen LogP contribution in [0, 0.1) is 6.92 Å². The van der Waals surface area contributed by atoms with Gasteiger partial charge in [-0.05, 0) is 43.0 Å². The molecule has 4 aromatic heterocycles. The number of rotatable bonds is 9. The number of methoxy groups -OCH3 is 2. The van der Waals surface area contributed by atoms with E-state index in [9.17, 15) is 4.79 Å². The molecule has 32 heavy (non-hydrogen) atoms. The van der Waals surface area contributed by atoms with E-state index in [0.29, 0.717) is 27.2 Å². The second kappa shape index (κ2) is 9.80. The normalized spacial score (nSPS) is 12.4. The number of ether oxygens (including phenoxy) is 2. The number of aromatic nitrogens is 5. The van der Waals surface area contributed by atoms with Crippen LogP contribution in [0.25, 0.3) is 15.9 Å². The summed E-state index contributed by atoms with van der Waals surface area (Å²) >= 11 is 3.04. The molecule has 0 aliphatic carbocycles. The maximum absolute atomic E-state index is 13.4. The minimum absolute atomic E-state index is 0.181. The number of nitrogens with one attached hydrogen (secondary N) is 1. The van der Waals surface area contributed by atoms with Crippen LogP contribution in [0.2, 0.25) is 0 Å². The van der Waals surface area contributed by atoms with Gasteiger partial charge in [0, 0.05) is 13.3 Å². The summed E-state index contributed by atoms with van der Waals surface area (Å²) in [6.45, 7) is 2.15. The van der Waals surface area contributed by atoms with E-state index < -0.39 is 0 Å². The average Bonchev–Trinajstić information content (AvgIpc) is 3.37. The second-order valence-corrected chi connectivity index (χ2v) is 9.10. The quantitative estimate of drug-likeness (QED) is 0.395. The molecule has 1 N–H and O–H groups in total. The van der Waals surface area contributed by atoms with Gasteiger partial charge < -0.3 is 14.8 Å². The monoisotopic (exact) mass is 472 g/mol. The third-order valence-corrected chi connectivity index (χ3v) is 6.87. The summed E-state index contributed by atoms with van der Waals surface area (Å²) in [7, 11) is 3.14. The van der Waals surface area contributed by atoms with Gasteiger partial charge in [0.15, 0.2) is 17.3 Å². The fraction of sp³-hybridized carbons (Fsp3) is 0.381. The van der Waals surface area contributed by atoms with Crippen molar-refractivity contribution in [2.45, 2.75) is 26.0 Å². The summed E-state index contributed by atoms with van der Waals surface area (Å²) in [6, 6.07) is 5.44. The average molecular weight is 473 g/mol. The topological polar surface area (TPSA) is 104 Å². The molecular formula is C21H24N6O3S2. The van der Waals surface area contributed by atoms with Crippen molar-refractivity contribution in [3.63, 3.8) is 0 Å². The van der Waals surface area contributed by atoms with E-state index in [2.05, 4.69) is 25.5 Å². The molecule has 4 rings (SSSR count). The Morgan fingerprint density at radius 3 is 2.88 bits per heavy atom. The van der Waals surface area contributed by atoms with E-state index in [1.807, 2.05) is 42.0 Å². The largest absolute Gasteiger partial charge is 0.480 e. The molecule has 1 unspecified atom stereocenters. The van der Waals surface area contributed by atoms with Crippen molar-refractivity contribution in [1.82, 2.24) is 29.9 Å². The Morgan fingerprint density at radius 1 is 1.28 bits per heavy atom. The van der Waals surface area contributed by atoms with Crippen LogP contribution in [-0.4, -0.2) is 56.7 Å². The maximum atomic E-state index is 13.4. The number of nitrogens with zero attached hydrogens (tertiary/aromatic N) is 5. The molecule has 1 atom stereocenters. The van der Waals surface area contributed by atoms with Gasteiger partial charge in [0.2, 0.25) is 5.88 Å². The van der Waals surface area contributed by atoms with E-state index in [4.69, 9.17) is 9.47 Å². The fourth-order valence-electron chi connectivity index (χ4n) is 3.52. The van der Waals surface area contributed by atoms with Crippen LogP contribution in [0.15, 0.2) is 24.4 Å². The zero-order chi connectivity index (χ0) is 22.7. The van der Waals surface area contributed by atoms with E-state index >= 15 is 0 Å². The Labute approximate surface area is 193 Å². The van der Waals surface area contributed by atoms with Gasteiger partial charge >= 0.3 is 0 Å². The Bertz CT molecular complexity index is 1260. The maximum Gasteiger partial charge on any atom is 0.262 e. The first-order chi connectivity index (χ1) is 15.6. The van der Waals surface area contributed by atoms with Gasteiger partial charge in [-0.3, -0.25) is 9.20 Å². The van der Waals surface area contributed by atoms with E-state index in [-0.39, 0.29) is 18.6 Å². The summed E-state index contributed by atoms with van der Waals surface area (Å²) in [5, 5.41) is 12.5. The number of aryl methyl sites for hydroxylation is 1. The van der Waals surface area contributed by atoms with Crippen molar-refractivity contribution >= 4 is 44.9 Å². The zero-order valence-corrected chi connectivity index (χ0v) is 19.9. The lowest BCUT2D eigenvalue weighted by atomic mass is 10.1. The van der Waals surface area contributed by atoms with Crippen molar-refractivity contribution < 1.29 is 14.3 Å². The van der Waals surface area contributed by atoms with Crippen molar-refractivity contribution in [1.29, 1.82) is 0 Å². The van der Waals surface area contributed by atoms with Gasteiger partial charge in [-0.15, -0.1) is 21.5 Å². The van der Waals surface area contributed by atoms with Crippen LogP contribution >= 0.6 is 23.1 Å². The van der Waals surface area contributed by atoms with Crippen molar-refractivity contribution in [3.05, 3.63) is 46.5 Å². The van der Waals surface area contributed by atoms with Crippen molar-refractivity contribution in [2.75, 3.05) is 26.2 Å². The van der Waals surface area contributed by atoms with E-state index in [1.54, 1.807) is 26.0 Å². The summed E-state index contributed by atoms with van der Waals surface area (Å²) < 4.78 is 12.5. The van der Waals surface area contributed by atoms with Gasteiger partial charge in [0.1, 0.15) is 11.4 Å². The standard InChI is InChI=1S/C21H24N6O3S2/c1-12-16-20(30-3)23-14(11-29-2)24-21(16)32-17(12)19(28)22-13(8-10-31-4)18-26-25-15-7-5-6-9-27(15)18/h5-7,9,13H,8,10-11H2,1-4H3,(H,22,28). The van der Waals surface area contributed by atoms with Crippen LogP contribution in [0.3, 0.4) is 0 Å². The van der Waals surface area contributed by atoms with E-state index in [0.717, 1.165) is 28.8 Å². The Balaban J connectivity index is 1.69. The van der Waals surface area contributed by atoms with Gasteiger partial charge in [-0.25, -0.2) is 4.98 Å². The molecule has 0 aromatic carbocycles. The molecule has 0 aliphatic rings. The molecular weight excluding hydrogens is 448 g/mol. The molecule has 0 fully saturated rings. The van der Waals surface area contributed by atoms with Crippen LogP contribution in [0.1, 0.15) is 39.3 Å². The predicted octanol–water partition coefficient (Wildman–Crippen LogP) is 3.42. The molecule has 11 heteroatoms. The Morgan fingerprint density at radius 2 is 2.12 bits per heavy atom. The first-order valence-electron chi connectivity index (χ1n) is 9.99. The van der Waals surface area contributed by atoms with Crippen LogP contribution in [-0.2, 0) is 11.3 Å². The summed E-state index contributed by atoms with van der Waals surface area (Å²) in [5.41, 5.74) is 1.53. The minimum atomic E-state index is -0.283.